The Morgan fingerprint density at radius 2 is 1.91 bits per heavy atom. The molecule has 174 valence electrons. The first-order valence-electron chi connectivity index (χ1n) is 10.3. The second-order valence-electron chi connectivity index (χ2n) is 7.74. The van der Waals surface area contributed by atoms with Crippen molar-refractivity contribution in [3.05, 3.63) is 58.5 Å². The number of nitriles is 1. The van der Waals surface area contributed by atoms with Crippen molar-refractivity contribution in [3.8, 4) is 6.07 Å². The molecule has 0 bridgehead atoms. The van der Waals surface area contributed by atoms with Crippen LogP contribution in [0.5, 0.6) is 0 Å². The number of pyridine rings is 1. The van der Waals surface area contributed by atoms with Crippen LogP contribution in [0.4, 0.5) is 10.2 Å². The van der Waals surface area contributed by atoms with E-state index in [1.165, 1.54) is 18.2 Å². The van der Waals surface area contributed by atoms with E-state index in [0.29, 0.717) is 49.4 Å². The van der Waals surface area contributed by atoms with E-state index in [0.717, 1.165) is 12.1 Å². The summed E-state index contributed by atoms with van der Waals surface area (Å²) in [6, 6.07) is 8.28. The van der Waals surface area contributed by atoms with Gasteiger partial charge in [-0.2, -0.15) is 5.26 Å². The molecule has 0 radical (unpaired) electrons. The van der Waals surface area contributed by atoms with Gasteiger partial charge < -0.3 is 10.0 Å². The molecular formula is C22H23FN4O5S. The highest BCUT2D eigenvalue weighted by Gasteiger charge is 2.30. The summed E-state index contributed by atoms with van der Waals surface area (Å²) < 4.78 is 39.8. The lowest BCUT2D eigenvalue weighted by atomic mass is 9.96. The molecule has 2 N–H and O–H groups in total. The van der Waals surface area contributed by atoms with Crippen molar-refractivity contribution in [3.63, 3.8) is 0 Å². The number of piperidine rings is 1. The number of hydrogen-bond acceptors (Lipinski definition) is 7. The Labute approximate surface area is 190 Å². The van der Waals surface area contributed by atoms with Crippen molar-refractivity contribution < 1.29 is 27.5 Å². The predicted octanol–water partition coefficient (Wildman–Crippen LogP) is 2.22. The van der Waals surface area contributed by atoms with Gasteiger partial charge in [0.2, 0.25) is 15.9 Å². The summed E-state index contributed by atoms with van der Waals surface area (Å²) in [5, 5.41) is 18.8. The van der Waals surface area contributed by atoms with E-state index >= 15 is 0 Å². The topological polar surface area (TPSA) is 140 Å². The summed E-state index contributed by atoms with van der Waals surface area (Å²) >= 11 is 0. The molecule has 1 fully saturated rings. The fourth-order valence-electron chi connectivity index (χ4n) is 3.74. The Hall–Kier alpha value is -3.52. The van der Waals surface area contributed by atoms with Crippen LogP contribution in [-0.4, -0.2) is 43.5 Å². The van der Waals surface area contributed by atoms with Crippen molar-refractivity contribution in [2.24, 2.45) is 5.92 Å². The standard InChI is InChI=1S/C22H23FN4O5S/c1-2-19-18(22(29)30)11-16(12-24)20(25-19)27-9-7-15(8-10-27)21(28)26-33(31,32)13-14-3-5-17(23)6-4-14/h3-6,11,15H,2,7-10,13H2,1H3,(H,26,28)(H,29,30). The van der Waals surface area contributed by atoms with Gasteiger partial charge in [-0.3, -0.25) is 9.52 Å². The number of carbonyl (C=O) groups excluding carboxylic acids is 1. The number of sulfonamides is 1. The quantitative estimate of drug-likeness (QED) is 0.622. The molecule has 9 nitrogen and oxygen atoms in total. The zero-order valence-corrected chi connectivity index (χ0v) is 18.7. The Kier molecular flexibility index (Phi) is 7.28. The van der Waals surface area contributed by atoms with E-state index in [9.17, 15) is 32.8 Å². The molecule has 33 heavy (non-hydrogen) atoms. The maximum atomic E-state index is 13.0. The lowest BCUT2D eigenvalue weighted by Gasteiger charge is -2.32. The smallest absolute Gasteiger partial charge is 0.337 e. The molecule has 3 rings (SSSR count). The fourth-order valence-corrected chi connectivity index (χ4v) is 4.92. The summed E-state index contributed by atoms with van der Waals surface area (Å²) in [6.07, 6.45) is 1.06. The van der Waals surface area contributed by atoms with Gasteiger partial charge in [0.15, 0.2) is 0 Å². The molecule has 0 atom stereocenters. The highest BCUT2D eigenvalue weighted by Crippen LogP contribution is 2.27. The van der Waals surface area contributed by atoms with Gasteiger partial charge in [0, 0.05) is 19.0 Å². The fraction of sp³-hybridized carbons (Fsp3) is 0.364. The van der Waals surface area contributed by atoms with Crippen LogP contribution in [0.1, 0.15) is 46.9 Å². The Bertz CT molecular complexity index is 1200. The summed E-state index contributed by atoms with van der Waals surface area (Å²) in [4.78, 5) is 30.2. The van der Waals surface area contributed by atoms with Crippen LogP contribution < -0.4 is 9.62 Å². The van der Waals surface area contributed by atoms with E-state index in [1.807, 2.05) is 6.07 Å². The third kappa shape index (κ3) is 5.84. The maximum absolute atomic E-state index is 13.0. The van der Waals surface area contributed by atoms with E-state index in [-0.39, 0.29) is 11.1 Å². The number of amides is 1. The number of carboxylic acid groups (broad SMARTS) is 1. The van der Waals surface area contributed by atoms with Crippen molar-refractivity contribution in [2.45, 2.75) is 31.9 Å². The summed E-state index contributed by atoms with van der Waals surface area (Å²) in [5.74, 6) is -2.87. The van der Waals surface area contributed by atoms with Crippen LogP contribution in [0, 0.1) is 23.1 Å². The third-order valence-electron chi connectivity index (χ3n) is 5.46. The number of aromatic carboxylic acids is 1. The molecule has 0 saturated carbocycles. The molecule has 1 aliphatic heterocycles. The number of anilines is 1. The average molecular weight is 475 g/mol. The van der Waals surface area contributed by atoms with Gasteiger partial charge in [-0.1, -0.05) is 19.1 Å². The molecule has 1 amide bonds. The minimum atomic E-state index is -3.94. The van der Waals surface area contributed by atoms with Gasteiger partial charge in [-0.05, 0) is 43.0 Å². The van der Waals surface area contributed by atoms with Crippen molar-refractivity contribution in [1.82, 2.24) is 9.71 Å². The Morgan fingerprint density at radius 3 is 2.45 bits per heavy atom. The summed E-state index contributed by atoms with van der Waals surface area (Å²) in [5.41, 5.74) is 0.842. The normalized spacial score (nSPS) is 14.5. The average Bonchev–Trinajstić information content (AvgIpc) is 2.79. The molecule has 1 aromatic heterocycles. The monoisotopic (exact) mass is 474 g/mol. The second kappa shape index (κ2) is 9.95. The van der Waals surface area contributed by atoms with Crippen LogP contribution in [0.15, 0.2) is 30.3 Å². The number of hydrogen-bond donors (Lipinski definition) is 2. The van der Waals surface area contributed by atoms with Crippen LogP contribution >= 0.6 is 0 Å². The highest BCUT2D eigenvalue weighted by atomic mass is 32.2. The Balaban J connectivity index is 1.66. The van der Waals surface area contributed by atoms with Gasteiger partial charge in [0.25, 0.3) is 0 Å². The third-order valence-corrected chi connectivity index (χ3v) is 6.68. The van der Waals surface area contributed by atoms with E-state index in [4.69, 9.17) is 0 Å². The van der Waals surface area contributed by atoms with Gasteiger partial charge in [-0.15, -0.1) is 0 Å². The number of nitrogens with zero attached hydrogens (tertiary/aromatic N) is 3. The molecule has 0 aliphatic carbocycles. The number of aromatic nitrogens is 1. The van der Waals surface area contributed by atoms with E-state index in [1.54, 1.807) is 11.8 Å². The lowest BCUT2D eigenvalue weighted by Crippen LogP contribution is -2.43. The lowest BCUT2D eigenvalue weighted by molar-refractivity contribution is -0.123. The van der Waals surface area contributed by atoms with Crippen LogP contribution in [0.3, 0.4) is 0 Å². The zero-order valence-electron chi connectivity index (χ0n) is 17.9. The summed E-state index contributed by atoms with van der Waals surface area (Å²) in [6.45, 7) is 2.48. The SMILES string of the molecule is CCc1nc(N2CCC(C(=O)NS(=O)(=O)Cc3ccc(F)cc3)CC2)c(C#N)cc1C(=O)O. The molecule has 1 aromatic carbocycles. The number of nitrogens with one attached hydrogen (secondary N) is 1. The number of carbonyl (C=O) groups is 2. The van der Waals surface area contributed by atoms with Crippen molar-refractivity contribution in [2.75, 3.05) is 18.0 Å². The Morgan fingerprint density at radius 1 is 1.27 bits per heavy atom. The van der Waals surface area contributed by atoms with Gasteiger partial charge in [0.05, 0.1) is 22.6 Å². The molecule has 1 saturated heterocycles. The van der Waals surface area contributed by atoms with E-state index < -0.39 is 39.4 Å². The summed E-state index contributed by atoms with van der Waals surface area (Å²) in [7, 11) is -3.94. The number of benzene rings is 1. The molecule has 2 heterocycles. The minimum Gasteiger partial charge on any atom is -0.478 e. The molecule has 1 aliphatic rings. The first-order valence-corrected chi connectivity index (χ1v) is 12.0. The molecule has 2 aromatic rings. The zero-order chi connectivity index (χ0) is 24.2. The van der Waals surface area contributed by atoms with E-state index in [2.05, 4.69) is 9.71 Å². The predicted molar refractivity (Wildman–Crippen MR) is 117 cm³/mol. The minimum absolute atomic E-state index is 0.0153. The molecule has 11 heteroatoms. The first-order chi connectivity index (χ1) is 15.6. The molecule has 0 spiro atoms. The molecule has 0 unspecified atom stereocenters. The van der Waals surface area contributed by atoms with Crippen LogP contribution in [-0.2, 0) is 27.0 Å². The number of carboxylic acids is 1. The number of halogens is 1. The number of rotatable bonds is 7. The van der Waals surface area contributed by atoms with Gasteiger partial charge in [0.1, 0.15) is 17.7 Å². The van der Waals surface area contributed by atoms with Crippen LogP contribution in [0.25, 0.3) is 0 Å². The second-order valence-corrected chi connectivity index (χ2v) is 9.46. The van der Waals surface area contributed by atoms with Gasteiger partial charge >= 0.3 is 5.97 Å². The highest BCUT2D eigenvalue weighted by molar-refractivity contribution is 7.89. The maximum Gasteiger partial charge on any atom is 0.337 e. The van der Waals surface area contributed by atoms with Gasteiger partial charge in [-0.25, -0.2) is 22.6 Å². The number of aryl methyl sites for hydroxylation is 1. The molecular weight excluding hydrogens is 451 g/mol. The first kappa shape index (κ1) is 24.1. The largest absolute Gasteiger partial charge is 0.478 e. The van der Waals surface area contributed by atoms with Crippen molar-refractivity contribution in [1.29, 1.82) is 5.26 Å². The van der Waals surface area contributed by atoms with Crippen molar-refractivity contribution >= 4 is 27.7 Å². The van der Waals surface area contributed by atoms with Crippen LogP contribution in [0.2, 0.25) is 0 Å².